The van der Waals surface area contributed by atoms with E-state index in [1.165, 1.54) is 6.92 Å². The lowest BCUT2D eigenvalue weighted by molar-refractivity contribution is -0.212. The number of primary amides is 1. The Hall–Kier alpha value is -3.68. The Bertz CT molecular complexity index is 1070. The number of aliphatic hydroxyl groups is 1. The molecule has 0 radical (unpaired) electrons. The second kappa shape index (κ2) is 16.7. The van der Waals surface area contributed by atoms with Gasteiger partial charge in [0.15, 0.2) is 6.10 Å². The van der Waals surface area contributed by atoms with Crippen LogP contribution in [0.2, 0.25) is 0 Å². The molecule has 0 saturated heterocycles. The van der Waals surface area contributed by atoms with Crippen molar-refractivity contribution >= 4 is 29.5 Å². The minimum absolute atomic E-state index is 0.104. The van der Waals surface area contributed by atoms with Gasteiger partial charge in [0.2, 0.25) is 29.5 Å². The van der Waals surface area contributed by atoms with Crippen LogP contribution in [0.5, 0.6) is 0 Å². The van der Waals surface area contributed by atoms with E-state index in [2.05, 4.69) is 21.3 Å². The van der Waals surface area contributed by atoms with Gasteiger partial charge < -0.3 is 32.1 Å². The van der Waals surface area contributed by atoms with Crippen LogP contribution in [-0.2, 0) is 30.4 Å². The number of carbonyl (C=O) groups is 5. The smallest absolute Gasteiger partial charge is 0.382 e. The fourth-order valence-electron chi connectivity index (χ4n) is 4.14. The molecule has 0 spiro atoms. The lowest BCUT2D eigenvalue weighted by atomic mass is 9.98. The van der Waals surface area contributed by atoms with Crippen LogP contribution in [-0.4, -0.2) is 71.1 Å². The fraction of sp³-hybridized carbons (Fsp3) is 0.607. The molecule has 11 nitrogen and oxygen atoms in total. The zero-order chi connectivity index (χ0) is 32.2. The van der Waals surface area contributed by atoms with E-state index in [9.17, 15) is 42.3 Å². The maximum atomic E-state index is 13.4. The lowest BCUT2D eigenvalue weighted by Crippen LogP contribution is -2.60. The summed E-state index contributed by atoms with van der Waals surface area (Å²) in [4.78, 5) is 62.4. The number of rotatable bonds is 16. The Kier molecular flexibility index (Phi) is 14.4. The van der Waals surface area contributed by atoms with E-state index < -0.39 is 84.7 Å². The number of nitrogens with one attached hydrogen (secondary N) is 4. The van der Waals surface area contributed by atoms with Crippen LogP contribution in [0.15, 0.2) is 30.3 Å². The number of carbonyl (C=O) groups excluding carboxylic acids is 5. The molecule has 236 valence electrons. The first-order valence-corrected chi connectivity index (χ1v) is 13.7. The van der Waals surface area contributed by atoms with Crippen molar-refractivity contribution < 1.29 is 42.3 Å². The molecular weight excluding hydrogens is 559 g/mol. The van der Waals surface area contributed by atoms with Crippen LogP contribution in [0.25, 0.3) is 0 Å². The van der Waals surface area contributed by atoms with Crippen molar-refractivity contribution in [3.8, 4) is 0 Å². The van der Waals surface area contributed by atoms with Gasteiger partial charge in [-0.15, -0.1) is 0 Å². The summed E-state index contributed by atoms with van der Waals surface area (Å²) in [5.74, 6) is -4.74. The molecule has 1 rings (SSSR count). The molecule has 1 aromatic carbocycles. The first-order chi connectivity index (χ1) is 19.4. The van der Waals surface area contributed by atoms with Crippen molar-refractivity contribution in [2.24, 2.45) is 17.6 Å². The fourth-order valence-corrected chi connectivity index (χ4v) is 4.14. The van der Waals surface area contributed by atoms with Crippen LogP contribution in [0.1, 0.15) is 59.4 Å². The van der Waals surface area contributed by atoms with Crippen molar-refractivity contribution in [1.29, 1.82) is 0 Å². The van der Waals surface area contributed by atoms with Crippen molar-refractivity contribution in [2.45, 2.75) is 96.7 Å². The molecule has 42 heavy (non-hydrogen) atoms. The first-order valence-electron chi connectivity index (χ1n) is 13.7. The van der Waals surface area contributed by atoms with E-state index in [-0.39, 0.29) is 12.3 Å². The SMILES string of the molecule is CC(=O)NC(C(=O)NC(CCc1ccccc1)C(=O)NC(C(=O)NC(CCC(N)=O)C(O)C(F)(F)F)C(C)C)C(C)C. The predicted octanol–water partition coefficient (Wildman–Crippen LogP) is 1.08. The third kappa shape index (κ3) is 12.5. The van der Waals surface area contributed by atoms with Crippen molar-refractivity contribution in [3.05, 3.63) is 35.9 Å². The summed E-state index contributed by atoms with van der Waals surface area (Å²) in [6.07, 6.45) is -8.74. The van der Waals surface area contributed by atoms with Gasteiger partial charge in [0.1, 0.15) is 18.1 Å². The number of hydrogen-bond acceptors (Lipinski definition) is 6. The second-order valence-corrected chi connectivity index (χ2v) is 10.8. The van der Waals surface area contributed by atoms with Gasteiger partial charge in [-0.25, -0.2) is 0 Å². The summed E-state index contributed by atoms with van der Waals surface area (Å²) in [6, 6.07) is 3.69. The van der Waals surface area contributed by atoms with Gasteiger partial charge >= 0.3 is 6.18 Å². The van der Waals surface area contributed by atoms with E-state index in [1.807, 2.05) is 18.2 Å². The number of aliphatic hydroxyl groups excluding tert-OH is 1. The summed E-state index contributed by atoms with van der Waals surface area (Å²) in [7, 11) is 0. The van der Waals surface area contributed by atoms with E-state index in [0.29, 0.717) is 6.42 Å². The standard InChI is InChI=1S/C28H42F3N5O6/c1-15(2)22(33-17(5)37)26(41)35-20(12-11-18-9-7-6-8-10-18)25(40)36-23(16(3)4)27(42)34-19(13-14-21(32)38)24(39)28(29,30)31/h6-10,15-16,19-20,22-24,39H,11-14H2,1-5H3,(H2,32,38)(H,33,37)(H,34,42)(H,35,41)(H,36,40). The number of alkyl halides is 3. The summed E-state index contributed by atoms with van der Waals surface area (Å²) in [6.45, 7) is 7.77. The topological polar surface area (TPSA) is 180 Å². The molecule has 0 aromatic heterocycles. The molecule has 0 aliphatic rings. The Morgan fingerprint density at radius 3 is 1.81 bits per heavy atom. The molecule has 5 unspecified atom stereocenters. The van der Waals surface area contributed by atoms with Crippen molar-refractivity contribution in [1.82, 2.24) is 21.3 Å². The highest BCUT2D eigenvalue weighted by Crippen LogP contribution is 2.24. The van der Waals surface area contributed by atoms with E-state index >= 15 is 0 Å². The molecule has 5 amide bonds. The predicted molar refractivity (Wildman–Crippen MR) is 148 cm³/mol. The van der Waals surface area contributed by atoms with Gasteiger partial charge in [-0.05, 0) is 36.7 Å². The molecule has 0 heterocycles. The van der Waals surface area contributed by atoms with Gasteiger partial charge in [-0.2, -0.15) is 13.2 Å². The highest BCUT2D eigenvalue weighted by Gasteiger charge is 2.45. The van der Waals surface area contributed by atoms with Crippen LogP contribution in [0.3, 0.4) is 0 Å². The van der Waals surface area contributed by atoms with Crippen LogP contribution in [0, 0.1) is 11.8 Å². The summed E-state index contributed by atoms with van der Waals surface area (Å²) in [5, 5.41) is 19.6. The maximum absolute atomic E-state index is 13.4. The molecule has 0 fully saturated rings. The van der Waals surface area contributed by atoms with Gasteiger partial charge in [0, 0.05) is 13.3 Å². The molecule has 7 N–H and O–H groups in total. The van der Waals surface area contributed by atoms with E-state index in [4.69, 9.17) is 5.73 Å². The third-order valence-corrected chi connectivity index (χ3v) is 6.50. The Morgan fingerprint density at radius 1 is 0.810 bits per heavy atom. The Labute approximate surface area is 243 Å². The number of halogens is 3. The van der Waals surface area contributed by atoms with Gasteiger partial charge in [-0.1, -0.05) is 58.0 Å². The maximum Gasteiger partial charge on any atom is 0.416 e. The van der Waals surface area contributed by atoms with Gasteiger partial charge in [0.25, 0.3) is 0 Å². The highest BCUT2D eigenvalue weighted by atomic mass is 19.4. The Balaban J connectivity index is 3.21. The summed E-state index contributed by atoms with van der Waals surface area (Å²) < 4.78 is 39.7. The quantitative estimate of drug-likeness (QED) is 0.165. The third-order valence-electron chi connectivity index (χ3n) is 6.50. The molecular formula is C28H42F3N5O6. The molecule has 0 bridgehead atoms. The number of benzene rings is 1. The highest BCUT2D eigenvalue weighted by molar-refractivity contribution is 5.94. The molecule has 0 aliphatic carbocycles. The van der Waals surface area contributed by atoms with Gasteiger partial charge in [-0.3, -0.25) is 24.0 Å². The minimum atomic E-state index is -5.10. The molecule has 14 heteroatoms. The number of aryl methyl sites for hydroxylation is 1. The van der Waals surface area contributed by atoms with Crippen LogP contribution in [0.4, 0.5) is 13.2 Å². The molecule has 1 aromatic rings. The number of nitrogens with two attached hydrogens (primary N) is 1. The van der Waals surface area contributed by atoms with Crippen molar-refractivity contribution in [3.63, 3.8) is 0 Å². The summed E-state index contributed by atoms with van der Waals surface area (Å²) in [5.41, 5.74) is 5.90. The minimum Gasteiger partial charge on any atom is -0.382 e. The van der Waals surface area contributed by atoms with Crippen LogP contribution < -0.4 is 27.0 Å². The summed E-state index contributed by atoms with van der Waals surface area (Å²) >= 11 is 0. The monoisotopic (exact) mass is 601 g/mol. The molecule has 0 aliphatic heterocycles. The van der Waals surface area contributed by atoms with Crippen LogP contribution >= 0.6 is 0 Å². The molecule has 0 saturated carbocycles. The van der Waals surface area contributed by atoms with E-state index in [0.717, 1.165) is 5.56 Å². The zero-order valence-corrected chi connectivity index (χ0v) is 24.5. The van der Waals surface area contributed by atoms with Gasteiger partial charge in [0.05, 0.1) is 6.04 Å². The lowest BCUT2D eigenvalue weighted by Gasteiger charge is -2.30. The number of amides is 5. The average Bonchev–Trinajstić information content (AvgIpc) is 2.89. The normalized spacial score (nSPS) is 15.2. The largest absolute Gasteiger partial charge is 0.416 e. The van der Waals surface area contributed by atoms with E-state index in [1.54, 1.807) is 39.8 Å². The van der Waals surface area contributed by atoms with Crippen molar-refractivity contribution in [2.75, 3.05) is 0 Å². The average molecular weight is 602 g/mol. The Morgan fingerprint density at radius 2 is 1.33 bits per heavy atom. The first kappa shape index (κ1) is 36.3. The number of hydrogen-bond donors (Lipinski definition) is 6. The second-order valence-electron chi connectivity index (χ2n) is 10.8. The zero-order valence-electron chi connectivity index (χ0n) is 24.5. The molecule has 5 atom stereocenters.